The molecule has 27 heavy (non-hydrogen) atoms. The van der Waals surface area contributed by atoms with E-state index in [1.54, 1.807) is 0 Å². The summed E-state index contributed by atoms with van der Waals surface area (Å²) >= 11 is 2.85. The first-order valence-electron chi connectivity index (χ1n) is 8.55. The highest BCUT2D eigenvalue weighted by atomic mass is 32.2. The highest BCUT2D eigenvalue weighted by molar-refractivity contribution is 8.01. The fourth-order valence-corrected chi connectivity index (χ4v) is 4.39. The first-order chi connectivity index (χ1) is 13.0. The Bertz CT molecular complexity index is 920. The van der Waals surface area contributed by atoms with Crippen LogP contribution < -0.4 is 5.32 Å². The Labute approximate surface area is 166 Å². The number of amides is 1. The number of fused-ring (bicyclic) bond motifs is 1. The fourth-order valence-electron chi connectivity index (χ4n) is 2.52. The Hall–Kier alpha value is -2.38. The smallest absolute Gasteiger partial charge is 0.316 e. The monoisotopic (exact) mass is 400 g/mol. The van der Waals surface area contributed by atoms with Gasteiger partial charge in [0.1, 0.15) is 0 Å². The van der Waals surface area contributed by atoms with E-state index in [2.05, 4.69) is 24.1 Å². The number of esters is 1. The summed E-state index contributed by atoms with van der Waals surface area (Å²) in [5.41, 5.74) is 2.71. The molecule has 0 saturated carbocycles. The number of benzene rings is 2. The third-order valence-corrected chi connectivity index (χ3v) is 5.96. The third-order valence-electron chi connectivity index (χ3n) is 3.81. The SMILES string of the molecule is CC(C)c1ccccc1NC(=O)COC(=O)CSc1nc2ccccc2s1. The lowest BCUT2D eigenvalue weighted by Crippen LogP contribution is -2.22. The molecule has 0 aliphatic heterocycles. The van der Waals surface area contributed by atoms with E-state index in [1.807, 2.05) is 48.5 Å². The van der Waals surface area contributed by atoms with Crippen molar-refractivity contribution in [3.05, 3.63) is 54.1 Å². The van der Waals surface area contributed by atoms with Gasteiger partial charge < -0.3 is 10.1 Å². The molecule has 0 unspecified atom stereocenters. The van der Waals surface area contributed by atoms with Gasteiger partial charge in [0, 0.05) is 5.69 Å². The molecule has 140 valence electrons. The maximum Gasteiger partial charge on any atom is 0.316 e. The van der Waals surface area contributed by atoms with E-state index in [0.29, 0.717) is 0 Å². The zero-order valence-electron chi connectivity index (χ0n) is 15.1. The molecule has 3 rings (SSSR count). The number of para-hydroxylation sites is 2. The Morgan fingerprint density at radius 3 is 2.67 bits per heavy atom. The van der Waals surface area contributed by atoms with Crippen LogP contribution in [0.4, 0.5) is 5.69 Å². The molecule has 7 heteroatoms. The van der Waals surface area contributed by atoms with Crippen molar-refractivity contribution in [3.63, 3.8) is 0 Å². The molecule has 3 aromatic rings. The molecule has 0 spiro atoms. The number of hydrogen-bond acceptors (Lipinski definition) is 6. The molecule has 2 aromatic carbocycles. The van der Waals surface area contributed by atoms with Crippen molar-refractivity contribution >= 4 is 50.9 Å². The van der Waals surface area contributed by atoms with Crippen LogP contribution in [0.15, 0.2) is 52.9 Å². The van der Waals surface area contributed by atoms with Crippen LogP contribution in [0.1, 0.15) is 25.3 Å². The molecule has 0 aliphatic rings. The minimum Gasteiger partial charge on any atom is -0.455 e. The topological polar surface area (TPSA) is 68.3 Å². The molecule has 1 N–H and O–H groups in total. The number of anilines is 1. The van der Waals surface area contributed by atoms with Gasteiger partial charge in [-0.2, -0.15) is 0 Å². The highest BCUT2D eigenvalue weighted by Gasteiger charge is 2.13. The van der Waals surface area contributed by atoms with E-state index < -0.39 is 5.97 Å². The number of carbonyl (C=O) groups excluding carboxylic acids is 2. The van der Waals surface area contributed by atoms with Crippen molar-refractivity contribution in [2.75, 3.05) is 17.7 Å². The van der Waals surface area contributed by atoms with Crippen LogP contribution in [0.5, 0.6) is 0 Å². The molecule has 1 amide bonds. The largest absolute Gasteiger partial charge is 0.455 e. The molecule has 0 atom stereocenters. The van der Waals surface area contributed by atoms with Gasteiger partial charge in [-0.1, -0.05) is 55.9 Å². The quantitative estimate of drug-likeness (QED) is 0.460. The molecular formula is C20H20N2O3S2. The summed E-state index contributed by atoms with van der Waals surface area (Å²) in [6.45, 7) is 3.82. The number of thiazole rings is 1. The Morgan fingerprint density at radius 1 is 1.15 bits per heavy atom. The zero-order valence-corrected chi connectivity index (χ0v) is 16.7. The molecule has 1 aromatic heterocycles. The molecule has 0 radical (unpaired) electrons. The fraction of sp³-hybridized carbons (Fsp3) is 0.250. The van der Waals surface area contributed by atoms with Crippen molar-refractivity contribution in [2.24, 2.45) is 0 Å². The average molecular weight is 401 g/mol. The number of thioether (sulfide) groups is 1. The van der Waals surface area contributed by atoms with Gasteiger partial charge in [0.15, 0.2) is 10.9 Å². The van der Waals surface area contributed by atoms with Crippen LogP contribution >= 0.6 is 23.1 Å². The van der Waals surface area contributed by atoms with Crippen LogP contribution in [0.2, 0.25) is 0 Å². The highest BCUT2D eigenvalue weighted by Crippen LogP contribution is 2.29. The summed E-state index contributed by atoms with van der Waals surface area (Å²) in [6.07, 6.45) is 0. The zero-order chi connectivity index (χ0) is 19.2. The van der Waals surface area contributed by atoms with E-state index >= 15 is 0 Å². The van der Waals surface area contributed by atoms with Crippen LogP contribution in [-0.4, -0.2) is 29.2 Å². The number of carbonyl (C=O) groups is 2. The minimum absolute atomic E-state index is 0.121. The predicted molar refractivity (Wildman–Crippen MR) is 110 cm³/mol. The van der Waals surface area contributed by atoms with Gasteiger partial charge >= 0.3 is 5.97 Å². The van der Waals surface area contributed by atoms with E-state index in [1.165, 1.54) is 23.1 Å². The summed E-state index contributed by atoms with van der Waals surface area (Å²) in [5.74, 6) is -0.377. The van der Waals surface area contributed by atoms with Crippen molar-refractivity contribution in [1.82, 2.24) is 4.98 Å². The van der Waals surface area contributed by atoms with Crippen molar-refractivity contribution in [3.8, 4) is 0 Å². The van der Waals surface area contributed by atoms with Gasteiger partial charge in [-0.3, -0.25) is 9.59 Å². The Morgan fingerprint density at radius 2 is 1.89 bits per heavy atom. The van der Waals surface area contributed by atoms with Crippen LogP contribution in [-0.2, 0) is 14.3 Å². The van der Waals surface area contributed by atoms with Gasteiger partial charge in [-0.15, -0.1) is 11.3 Å². The standard InChI is InChI=1S/C20H20N2O3S2/c1-13(2)14-7-3-4-8-15(14)21-18(23)11-25-19(24)12-26-20-22-16-9-5-6-10-17(16)27-20/h3-10,13H,11-12H2,1-2H3,(H,21,23). The minimum atomic E-state index is -0.438. The lowest BCUT2D eigenvalue weighted by Gasteiger charge is -2.13. The van der Waals surface area contributed by atoms with Gasteiger partial charge in [0.05, 0.1) is 16.0 Å². The van der Waals surface area contributed by atoms with E-state index in [4.69, 9.17) is 4.74 Å². The molecule has 1 heterocycles. The van der Waals surface area contributed by atoms with Gasteiger partial charge in [-0.25, -0.2) is 4.98 Å². The summed E-state index contributed by atoms with van der Waals surface area (Å²) in [5, 5.41) is 2.81. The maximum atomic E-state index is 12.1. The van der Waals surface area contributed by atoms with E-state index in [-0.39, 0.29) is 24.2 Å². The van der Waals surface area contributed by atoms with Crippen LogP contribution in [0.25, 0.3) is 10.2 Å². The third kappa shape index (κ3) is 5.30. The van der Waals surface area contributed by atoms with Crippen molar-refractivity contribution in [2.45, 2.75) is 24.1 Å². The first-order valence-corrected chi connectivity index (χ1v) is 10.4. The summed E-state index contributed by atoms with van der Waals surface area (Å²) in [6, 6.07) is 15.4. The van der Waals surface area contributed by atoms with Crippen LogP contribution in [0.3, 0.4) is 0 Å². The normalized spacial score (nSPS) is 10.9. The summed E-state index contributed by atoms with van der Waals surface area (Å²) < 4.78 is 6.97. The number of aromatic nitrogens is 1. The summed E-state index contributed by atoms with van der Waals surface area (Å²) in [7, 11) is 0. The molecule has 5 nitrogen and oxygen atoms in total. The molecule has 0 bridgehead atoms. The van der Waals surface area contributed by atoms with Crippen molar-refractivity contribution in [1.29, 1.82) is 0 Å². The molecule has 0 fully saturated rings. The summed E-state index contributed by atoms with van der Waals surface area (Å²) in [4.78, 5) is 28.5. The second-order valence-corrected chi connectivity index (χ2v) is 8.44. The van der Waals surface area contributed by atoms with Crippen molar-refractivity contribution < 1.29 is 14.3 Å². The number of rotatable bonds is 7. The number of hydrogen-bond donors (Lipinski definition) is 1. The lowest BCUT2D eigenvalue weighted by atomic mass is 10.0. The van der Waals surface area contributed by atoms with Gasteiger partial charge in [-0.05, 0) is 29.7 Å². The first kappa shape index (κ1) is 19.4. The number of nitrogens with one attached hydrogen (secondary N) is 1. The number of ether oxygens (including phenoxy) is 1. The lowest BCUT2D eigenvalue weighted by molar-refractivity contribution is -0.144. The van der Waals surface area contributed by atoms with E-state index in [9.17, 15) is 9.59 Å². The van der Waals surface area contributed by atoms with Gasteiger partial charge in [0.2, 0.25) is 0 Å². The second-order valence-electron chi connectivity index (χ2n) is 6.19. The molecule has 0 aliphatic carbocycles. The molecule has 0 saturated heterocycles. The average Bonchev–Trinajstić information content (AvgIpc) is 3.08. The van der Waals surface area contributed by atoms with Gasteiger partial charge in [0.25, 0.3) is 5.91 Å². The molecular weight excluding hydrogens is 380 g/mol. The number of nitrogens with zero attached hydrogens (tertiary/aromatic N) is 1. The predicted octanol–water partition coefficient (Wildman–Crippen LogP) is 4.69. The Balaban J connectivity index is 1.47. The van der Waals surface area contributed by atoms with Crippen LogP contribution in [0, 0.1) is 0 Å². The Kier molecular flexibility index (Phi) is 6.47. The van der Waals surface area contributed by atoms with E-state index in [0.717, 1.165) is 25.8 Å². The second kappa shape index (κ2) is 9.01. The maximum absolute atomic E-state index is 12.1.